The number of nitrogens with one attached hydrogen (secondary N) is 1. The van der Waals surface area contributed by atoms with Crippen LogP contribution in [-0.2, 0) is 4.79 Å². The summed E-state index contributed by atoms with van der Waals surface area (Å²) in [6.45, 7) is 4.45. The van der Waals surface area contributed by atoms with Gasteiger partial charge in [0.2, 0.25) is 0 Å². The van der Waals surface area contributed by atoms with Crippen LogP contribution >= 0.6 is 0 Å². The molecule has 0 aliphatic heterocycles. The zero-order chi connectivity index (χ0) is 19.5. The van der Waals surface area contributed by atoms with Crippen LogP contribution in [0.3, 0.4) is 0 Å². The number of furan rings is 1. The van der Waals surface area contributed by atoms with Crippen LogP contribution in [0.25, 0.3) is 21.7 Å². The van der Waals surface area contributed by atoms with Crippen molar-refractivity contribution in [2.45, 2.75) is 25.9 Å². The molecule has 3 N–H and O–H groups in total. The average molecular weight is 373 g/mol. The van der Waals surface area contributed by atoms with Crippen molar-refractivity contribution in [3.63, 3.8) is 0 Å². The fraction of sp³-hybridized carbons (Fsp3) is 0.208. The maximum absolute atomic E-state index is 12.5. The molecule has 0 fully saturated rings. The Balaban J connectivity index is 1.38. The first-order valence-corrected chi connectivity index (χ1v) is 9.70. The van der Waals surface area contributed by atoms with Gasteiger partial charge in [-0.3, -0.25) is 4.79 Å². The fourth-order valence-electron chi connectivity index (χ4n) is 3.65. The molecule has 0 saturated carbocycles. The van der Waals surface area contributed by atoms with Crippen LogP contribution in [0.1, 0.15) is 37.3 Å². The predicted molar refractivity (Wildman–Crippen MR) is 112 cm³/mol. The molecule has 4 nitrogen and oxygen atoms in total. The minimum Gasteiger partial charge on any atom is -0.459 e. The van der Waals surface area contributed by atoms with Gasteiger partial charge in [-0.2, -0.15) is 0 Å². The number of carbonyl (C=O) groups is 1. The lowest BCUT2D eigenvalue weighted by molar-refractivity contribution is -0.682. The lowest BCUT2D eigenvalue weighted by Gasteiger charge is -2.15. The molecule has 0 unspecified atom stereocenters. The molecule has 3 aromatic carbocycles. The third-order valence-corrected chi connectivity index (χ3v) is 5.22. The second-order valence-electron chi connectivity index (χ2n) is 7.27. The molecular weight excluding hydrogens is 348 g/mol. The van der Waals surface area contributed by atoms with Crippen LogP contribution in [0, 0.1) is 0 Å². The molecule has 2 atom stereocenters. The third-order valence-electron chi connectivity index (χ3n) is 5.22. The number of amides is 1. The Morgan fingerprint density at radius 3 is 2.50 bits per heavy atom. The van der Waals surface area contributed by atoms with Crippen molar-refractivity contribution in [2.75, 3.05) is 6.54 Å². The van der Waals surface area contributed by atoms with Crippen molar-refractivity contribution >= 4 is 27.6 Å². The Labute approximate surface area is 164 Å². The summed E-state index contributed by atoms with van der Waals surface area (Å²) in [4.78, 5) is 12.5. The Hall–Kier alpha value is -3.11. The fourth-order valence-corrected chi connectivity index (χ4v) is 3.65. The SMILES string of the molecule is C[C@H](NC(=O)C[NH2+][C@@H](C)c1cccc2ccccc12)c1cc2ccccc2o1. The molecule has 0 bridgehead atoms. The van der Waals surface area contributed by atoms with E-state index >= 15 is 0 Å². The highest BCUT2D eigenvalue weighted by atomic mass is 16.3. The van der Waals surface area contributed by atoms with Crippen molar-refractivity contribution in [2.24, 2.45) is 0 Å². The predicted octanol–water partition coefficient (Wildman–Crippen LogP) is 4.09. The molecule has 1 amide bonds. The van der Waals surface area contributed by atoms with Crippen molar-refractivity contribution in [1.29, 1.82) is 0 Å². The second-order valence-corrected chi connectivity index (χ2v) is 7.27. The first-order valence-electron chi connectivity index (χ1n) is 9.70. The summed E-state index contributed by atoms with van der Waals surface area (Å²) >= 11 is 0. The van der Waals surface area contributed by atoms with Gasteiger partial charge in [0.15, 0.2) is 6.54 Å². The molecule has 0 aliphatic rings. The van der Waals surface area contributed by atoms with Crippen LogP contribution in [0.5, 0.6) is 0 Å². The van der Waals surface area contributed by atoms with E-state index in [0.29, 0.717) is 6.54 Å². The Morgan fingerprint density at radius 2 is 1.68 bits per heavy atom. The van der Waals surface area contributed by atoms with Crippen molar-refractivity contribution in [1.82, 2.24) is 5.32 Å². The quantitative estimate of drug-likeness (QED) is 0.535. The van der Waals surface area contributed by atoms with Crippen molar-refractivity contribution in [3.05, 3.63) is 84.1 Å². The standard InChI is InChI=1S/C24H24N2O2/c1-16(20-12-7-10-18-8-3-5-11-21(18)20)25-15-24(27)26-17(2)23-14-19-9-4-6-13-22(19)28-23/h3-14,16-17,25H,15H2,1-2H3,(H,26,27)/p+1/t16-,17-/m0/s1. The minimum atomic E-state index is -0.166. The number of carbonyl (C=O) groups excluding carboxylic acids is 1. The van der Waals surface area contributed by atoms with Crippen LogP contribution in [-0.4, -0.2) is 12.5 Å². The lowest BCUT2D eigenvalue weighted by Crippen LogP contribution is -2.87. The summed E-state index contributed by atoms with van der Waals surface area (Å²) < 4.78 is 5.85. The highest BCUT2D eigenvalue weighted by Gasteiger charge is 2.17. The number of hydrogen-bond donors (Lipinski definition) is 2. The van der Waals surface area contributed by atoms with Gasteiger partial charge < -0.3 is 15.1 Å². The molecular formula is C24H25N2O2+. The van der Waals surface area contributed by atoms with Gasteiger partial charge in [-0.05, 0) is 36.8 Å². The summed E-state index contributed by atoms with van der Waals surface area (Å²) in [6, 6.07) is 24.6. The zero-order valence-corrected chi connectivity index (χ0v) is 16.2. The van der Waals surface area contributed by atoms with E-state index in [9.17, 15) is 4.79 Å². The Kier molecular flexibility index (Phi) is 5.13. The first kappa shape index (κ1) is 18.3. The van der Waals surface area contributed by atoms with Crippen LogP contribution in [0.2, 0.25) is 0 Å². The lowest BCUT2D eigenvalue weighted by atomic mass is 10.00. The topological polar surface area (TPSA) is 58.9 Å². The van der Waals surface area contributed by atoms with E-state index in [-0.39, 0.29) is 18.0 Å². The number of nitrogens with two attached hydrogens (primary N) is 1. The summed E-state index contributed by atoms with van der Waals surface area (Å²) in [6.07, 6.45) is 0. The van der Waals surface area contributed by atoms with E-state index in [1.807, 2.05) is 43.3 Å². The average Bonchev–Trinajstić information content (AvgIpc) is 3.16. The van der Waals surface area contributed by atoms with E-state index < -0.39 is 0 Å². The minimum absolute atomic E-state index is 0.0000396. The second kappa shape index (κ2) is 7.87. The number of rotatable bonds is 6. The smallest absolute Gasteiger partial charge is 0.275 e. The van der Waals surface area contributed by atoms with Gasteiger partial charge >= 0.3 is 0 Å². The van der Waals surface area contributed by atoms with Crippen molar-refractivity contribution in [3.8, 4) is 0 Å². The van der Waals surface area contributed by atoms with Gasteiger partial charge in [0, 0.05) is 10.9 Å². The van der Waals surface area contributed by atoms with Gasteiger partial charge in [0.1, 0.15) is 17.4 Å². The van der Waals surface area contributed by atoms with Crippen LogP contribution < -0.4 is 10.6 Å². The molecule has 142 valence electrons. The maximum atomic E-state index is 12.5. The Bertz CT molecular complexity index is 1080. The van der Waals surface area contributed by atoms with Gasteiger partial charge in [0.05, 0.1) is 6.04 Å². The van der Waals surface area contributed by atoms with E-state index in [1.165, 1.54) is 16.3 Å². The highest BCUT2D eigenvalue weighted by molar-refractivity contribution is 5.86. The zero-order valence-electron chi connectivity index (χ0n) is 16.2. The highest BCUT2D eigenvalue weighted by Crippen LogP contribution is 2.24. The normalized spacial score (nSPS) is 13.5. The summed E-state index contributed by atoms with van der Waals surface area (Å²) in [5, 5.41) is 8.63. The number of fused-ring (bicyclic) bond motifs is 2. The molecule has 0 aliphatic carbocycles. The number of quaternary nitrogens is 1. The molecule has 4 heteroatoms. The van der Waals surface area contributed by atoms with E-state index in [2.05, 4.69) is 54.0 Å². The summed E-state index contributed by atoms with van der Waals surface area (Å²) in [5.41, 5.74) is 2.09. The van der Waals surface area contributed by atoms with E-state index in [4.69, 9.17) is 4.42 Å². The maximum Gasteiger partial charge on any atom is 0.275 e. The first-order chi connectivity index (χ1) is 13.6. The van der Waals surface area contributed by atoms with Gasteiger partial charge in [-0.15, -0.1) is 0 Å². The van der Waals surface area contributed by atoms with E-state index in [0.717, 1.165) is 16.7 Å². The van der Waals surface area contributed by atoms with E-state index in [1.54, 1.807) is 0 Å². The van der Waals surface area contributed by atoms with Gasteiger partial charge in [0.25, 0.3) is 5.91 Å². The molecule has 0 radical (unpaired) electrons. The monoisotopic (exact) mass is 373 g/mol. The van der Waals surface area contributed by atoms with Gasteiger partial charge in [-0.25, -0.2) is 0 Å². The van der Waals surface area contributed by atoms with Crippen molar-refractivity contribution < 1.29 is 14.5 Å². The number of hydrogen-bond acceptors (Lipinski definition) is 2. The van der Waals surface area contributed by atoms with Gasteiger partial charge in [-0.1, -0.05) is 60.7 Å². The molecule has 4 aromatic rings. The molecule has 1 aromatic heterocycles. The number of benzene rings is 3. The summed E-state index contributed by atoms with van der Waals surface area (Å²) in [7, 11) is 0. The van der Waals surface area contributed by atoms with Crippen LogP contribution in [0.15, 0.2) is 77.2 Å². The molecule has 28 heavy (non-hydrogen) atoms. The molecule has 1 heterocycles. The largest absolute Gasteiger partial charge is 0.459 e. The molecule has 0 spiro atoms. The molecule has 0 saturated heterocycles. The summed E-state index contributed by atoms with van der Waals surface area (Å²) in [5.74, 6) is 0.775. The third kappa shape index (κ3) is 3.78. The molecule has 4 rings (SSSR count). The number of para-hydroxylation sites is 1. The van der Waals surface area contributed by atoms with Crippen LogP contribution in [0.4, 0.5) is 0 Å². The Morgan fingerprint density at radius 1 is 0.964 bits per heavy atom.